The third-order valence-corrected chi connectivity index (χ3v) is 5.23. The van der Waals surface area contributed by atoms with Gasteiger partial charge in [-0.25, -0.2) is 0 Å². The van der Waals surface area contributed by atoms with Crippen LogP contribution in [-0.2, 0) is 0 Å². The van der Waals surface area contributed by atoms with Crippen LogP contribution in [0.3, 0.4) is 0 Å². The van der Waals surface area contributed by atoms with Crippen molar-refractivity contribution in [3.63, 3.8) is 0 Å². The van der Waals surface area contributed by atoms with Gasteiger partial charge in [0.1, 0.15) is 5.69 Å². The number of benzene rings is 1. The number of carbonyl (C=O) groups is 1. The highest BCUT2D eigenvalue weighted by molar-refractivity contribution is 5.92. The summed E-state index contributed by atoms with van der Waals surface area (Å²) >= 11 is 0. The van der Waals surface area contributed by atoms with Crippen LogP contribution in [0.4, 0.5) is 0 Å². The highest BCUT2D eigenvalue weighted by atomic mass is 16.2. The van der Waals surface area contributed by atoms with Gasteiger partial charge in [-0.3, -0.25) is 9.48 Å². The molecular weight excluding hydrogens is 300 g/mol. The van der Waals surface area contributed by atoms with Crippen molar-refractivity contribution in [3.05, 3.63) is 53.9 Å². The summed E-state index contributed by atoms with van der Waals surface area (Å²) in [6.45, 7) is 2.01. The third-order valence-electron chi connectivity index (χ3n) is 5.23. The second-order valence-electron chi connectivity index (χ2n) is 6.93. The number of hydrogen-bond acceptors (Lipinski definition) is 3. The van der Waals surface area contributed by atoms with Crippen LogP contribution < -0.4 is 10.6 Å². The summed E-state index contributed by atoms with van der Waals surface area (Å²) in [5.41, 5.74) is 1.90. The van der Waals surface area contributed by atoms with Gasteiger partial charge >= 0.3 is 0 Å². The average Bonchev–Trinajstić information content (AvgIpc) is 3.09. The van der Waals surface area contributed by atoms with Crippen molar-refractivity contribution < 1.29 is 4.79 Å². The summed E-state index contributed by atoms with van der Waals surface area (Å²) in [6.07, 6.45) is 6.25. The van der Waals surface area contributed by atoms with Gasteiger partial charge in [0.2, 0.25) is 0 Å². The molecule has 1 saturated heterocycles. The molecule has 2 N–H and O–H groups in total. The van der Waals surface area contributed by atoms with Crippen LogP contribution in [0.15, 0.2) is 42.6 Å². The lowest BCUT2D eigenvalue weighted by Gasteiger charge is -2.36. The van der Waals surface area contributed by atoms with Crippen molar-refractivity contribution in [3.8, 4) is 0 Å². The summed E-state index contributed by atoms with van der Waals surface area (Å²) in [5, 5.41) is 11.0. The summed E-state index contributed by atoms with van der Waals surface area (Å²) < 4.78 is 1.94. The van der Waals surface area contributed by atoms with E-state index in [4.69, 9.17) is 0 Å². The predicted octanol–water partition coefficient (Wildman–Crippen LogP) is 2.48. The van der Waals surface area contributed by atoms with Crippen molar-refractivity contribution in [2.24, 2.45) is 0 Å². The van der Waals surface area contributed by atoms with E-state index in [2.05, 4.69) is 40.0 Å². The van der Waals surface area contributed by atoms with Crippen molar-refractivity contribution in [2.45, 2.75) is 43.7 Å². The first-order chi connectivity index (χ1) is 11.8. The molecule has 4 rings (SSSR count). The van der Waals surface area contributed by atoms with Crippen LogP contribution >= 0.6 is 0 Å². The lowest BCUT2D eigenvalue weighted by Crippen LogP contribution is -2.43. The molecule has 2 fully saturated rings. The van der Waals surface area contributed by atoms with Gasteiger partial charge in [-0.15, -0.1) is 0 Å². The van der Waals surface area contributed by atoms with Gasteiger partial charge < -0.3 is 10.6 Å². The van der Waals surface area contributed by atoms with Gasteiger partial charge in [0.25, 0.3) is 5.91 Å². The van der Waals surface area contributed by atoms with Crippen LogP contribution in [-0.4, -0.2) is 34.8 Å². The molecule has 1 aliphatic carbocycles. The molecule has 1 atom stereocenters. The number of hydrogen-bond donors (Lipinski definition) is 2. The van der Waals surface area contributed by atoms with E-state index >= 15 is 0 Å². The molecule has 1 aromatic carbocycles. The zero-order valence-electron chi connectivity index (χ0n) is 13.8. The summed E-state index contributed by atoms with van der Waals surface area (Å²) in [6, 6.07) is 13.0. The highest BCUT2D eigenvalue weighted by Crippen LogP contribution is 2.36. The van der Waals surface area contributed by atoms with Crippen molar-refractivity contribution in [1.29, 1.82) is 0 Å². The maximum atomic E-state index is 12.4. The molecule has 0 bridgehead atoms. The lowest BCUT2D eigenvalue weighted by atomic mass is 9.76. The number of nitrogens with zero attached hydrogens (tertiary/aromatic N) is 2. The number of rotatable bonds is 4. The number of aromatic nitrogens is 2. The summed E-state index contributed by atoms with van der Waals surface area (Å²) in [7, 11) is 0. The Morgan fingerprint density at radius 2 is 2.04 bits per heavy atom. The topological polar surface area (TPSA) is 59.0 Å². The average molecular weight is 324 g/mol. The van der Waals surface area contributed by atoms with E-state index in [1.807, 2.05) is 23.0 Å². The number of carbonyl (C=O) groups excluding carboxylic acids is 1. The fourth-order valence-corrected chi connectivity index (χ4v) is 3.71. The number of amides is 1. The van der Waals surface area contributed by atoms with Crippen LogP contribution in [0.2, 0.25) is 0 Å². The van der Waals surface area contributed by atoms with E-state index in [0.717, 1.165) is 38.8 Å². The second kappa shape index (κ2) is 6.77. The molecule has 5 nitrogen and oxygen atoms in total. The van der Waals surface area contributed by atoms with Crippen LogP contribution in [0, 0.1) is 0 Å². The number of nitrogens with one attached hydrogen (secondary N) is 2. The summed E-state index contributed by atoms with van der Waals surface area (Å²) in [5.74, 6) is 0.524. The molecule has 1 aromatic heterocycles. The maximum absolute atomic E-state index is 12.4. The first-order valence-corrected chi connectivity index (χ1v) is 8.91. The van der Waals surface area contributed by atoms with Gasteiger partial charge in [0, 0.05) is 18.8 Å². The fraction of sp³-hybridized carbons (Fsp3) is 0.474. The maximum Gasteiger partial charge on any atom is 0.271 e. The lowest BCUT2D eigenvalue weighted by molar-refractivity contribution is 0.0902. The van der Waals surface area contributed by atoms with Gasteiger partial charge in [0.15, 0.2) is 0 Å². The molecule has 24 heavy (non-hydrogen) atoms. The largest absolute Gasteiger partial charge is 0.348 e. The van der Waals surface area contributed by atoms with Crippen molar-refractivity contribution in [1.82, 2.24) is 20.4 Å². The first-order valence-electron chi connectivity index (χ1n) is 8.91. The first kappa shape index (κ1) is 15.4. The SMILES string of the molecule is O=C(NC1CC(c2ccccc2)C1)c1ccn(C2CCCNC2)n1. The molecule has 0 radical (unpaired) electrons. The molecule has 2 aliphatic rings. The van der Waals surface area contributed by atoms with Crippen molar-refractivity contribution >= 4 is 5.91 Å². The fourth-order valence-electron chi connectivity index (χ4n) is 3.71. The van der Waals surface area contributed by atoms with Gasteiger partial charge in [-0.2, -0.15) is 5.10 Å². The quantitative estimate of drug-likeness (QED) is 0.908. The smallest absolute Gasteiger partial charge is 0.271 e. The Balaban J connectivity index is 1.30. The molecule has 126 valence electrons. The van der Waals surface area contributed by atoms with E-state index in [0.29, 0.717) is 17.7 Å². The minimum Gasteiger partial charge on any atom is -0.348 e. The Kier molecular flexibility index (Phi) is 4.34. The summed E-state index contributed by atoms with van der Waals surface area (Å²) in [4.78, 5) is 12.4. The predicted molar refractivity (Wildman–Crippen MR) is 93.0 cm³/mol. The minimum atomic E-state index is -0.0472. The third kappa shape index (κ3) is 3.22. The van der Waals surface area contributed by atoms with E-state index in [1.54, 1.807) is 0 Å². The molecule has 1 aliphatic heterocycles. The van der Waals surface area contributed by atoms with Gasteiger partial charge in [0.05, 0.1) is 6.04 Å². The molecule has 5 heteroatoms. The monoisotopic (exact) mass is 324 g/mol. The van der Waals surface area contributed by atoms with E-state index in [1.165, 1.54) is 5.56 Å². The molecule has 1 unspecified atom stereocenters. The minimum absolute atomic E-state index is 0.0472. The normalized spacial score (nSPS) is 26.6. The van der Waals surface area contributed by atoms with Crippen LogP contribution in [0.25, 0.3) is 0 Å². The Bertz CT molecular complexity index is 684. The zero-order valence-corrected chi connectivity index (χ0v) is 13.8. The van der Waals surface area contributed by atoms with Crippen LogP contribution in [0.1, 0.15) is 53.7 Å². The Hall–Kier alpha value is -2.14. The highest BCUT2D eigenvalue weighted by Gasteiger charge is 2.31. The molecule has 1 amide bonds. The number of piperidine rings is 1. The molecule has 2 aromatic rings. The van der Waals surface area contributed by atoms with Crippen molar-refractivity contribution in [2.75, 3.05) is 13.1 Å². The molecular formula is C19H24N4O. The van der Waals surface area contributed by atoms with E-state index in [-0.39, 0.29) is 11.9 Å². The molecule has 1 saturated carbocycles. The Labute approximate surface area is 142 Å². The molecule has 0 spiro atoms. The van der Waals surface area contributed by atoms with E-state index < -0.39 is 0 Å². The van der Waals surface area contributed by atoms with E-state index in [9.17, 15) is 4.79 Å². The molecule has 2 heterocycles. The van der Waals surface area contributed by atoms with Crippen LogP contribution in [0.5, 0.6) is 0 Å². The standard InChI is InChI=1S/C19H24N4O/c24-19(18-8-10-23(22-18)17-7-4-9-20-13-17)21-16-11-15(12-16)14-5-2-1-3-6-14/h1-3,5-6,8,10,15-17,20H,4,7,9,11-13H2,(H,21,24). The Morgan fingerprint density at radius 1 is 1.21 bits per heavy atom. The van der Waals surface area contributed by atoms with Gasteiger partial charge in [-0.05, 0) is 49.8 Å². The Morgan fingerprint density at radius 3 is 2.79 bits per heavy atom. The zero-order chi connectivity index (χ0) is 16.4. The van der Waals surface area contributed by atoms with Gasteiger partial charge in [-0.1, -0.05) is 30.3 Å². The second-order valence-corrected chi connectivity index (χ2v) is 6.93.